The molecule has 0 spiro atoms. The Morgan fingerprint density at radius 2 is 1.94 bits per heavy atom. The zero-order valence-corrected chi connectivity index (χ0v) is 21.3. The number of nitrogens with zero attached hydrogens (tertiary/aromatic N) is 3. The molecule has 0 saturated carbocycles. The first-order valence-corrected chi connectivity index (χ1v) is 12.2. The molecule has 7 nitrogen and oxygen atoms in total. The third kappa shape index (κ3) is 4.58. The molecule has 4 aromatic rings. The fourth-order valence-electron chi connectivity index (χ4n) is 3.57. The van der Waals surface area contributed by atoms with Gasteiger partial charge >= 0.3 is 0 Å². The third-order valence-electron chi connectivity index (χ3n) is 5.30. The maximum Gasteiger partial charge on any atom is 0.282 e. The molecule has 34 heavy (non-hydrogen) atoms. The van der Waals surface area contributed by atoms with Crippen LogP contribution in [0.15, 0.2) is 73.4 Å². The molecule has 0 unspecified atom stereocenters. The average Bonchev–Trinajstić information content (AvgIpc) is 3.31. The van der Waals surface area contributed by atoms with Crippen LogP contribution in [0.4, 0.5) is 0 Å². The monoisotopic (exact) mass is 583 g/mol. The Bertz CT molecular complexity index is 1480. The van der Waals surface area contributed by atoms with Gasteiger partial charge in [0, 0.05) is 10.9 Å². The van der Waals surface area contributed by atoms with Gasteiger partial charge in [-0.2, -0.15) is 9.78 Å². The molecule has 5 rings (SSSR count). The van der Waals surface area contributed by atoms with Crippen molar-refractivity contribution in [2.45, 2.75) is 20.0 Å². The van der Waals surface area contributed by atoms with E-state index in [4.69, 9.17) is 14.2 Å². The number of aryl methyl sites for hydroxylation is 1. The molecular weight excluding hydrogens is 566 g/mol. The van der Waals surface area contributed by atoms with E-state index in [0.717, 1.165) is 31.6 Å². The highest BCUT2D eigenvalue weighted by molar-refractivity contribution is 9.10. The van der Waals surface area contributed by atoms with Crippen LogP contribution in [0, 0.1) is 0 Å². The quantitative estimate of drug-likeness (QED) is 0.273. The van der Waals surface area contributed by atoms with Gasteiger partial charge in [-0.1, -0.05) is 28.9 Å². The van der Waals surface area contributed by atoms with Crippen molar-refractivity contribution < 1.29 is 14.2 Å². The lowest BCUT2D eigenvalue weighted by molar-refractivity contribution is 0.174. The highest BCUT2D eigenvalue weighted by atomic mass is 79.9. The minimum atomic E-state index is -0.206. The predicted molar refractivity (Wildman–Crippen MR) is 137 cm³/mol. The Hall–Kier alpha value is -3.17. The lowest BCUT2D eigenvalue weighted by Crippen LogP contribution is -2.22. The molecular formula is C25H19Br2N3O4. The molecule has 0 fully saturated rings. The van der Waals surface area contributed by atoms with Crippen LogP contribution in [0.5, 0.6) is 17.2 Å². The Morgan fingerprint density at radius 3 is 2.76 bits per heavy atom. The summed E-state index contributed by atoms with van der Waals surface area (Å²) in [5, 5.41) is 4.95. The first-order chi connectivity index (χ1) is 16.5. The maximum absolute atomic E-state index is 13.0. The van der Waals surface area contributed by atoms with Gasteiger partial charge in [-0.15, -0.1) is 0 Å². The number of fused-ring (bicyclic) bond motifs is 2. The van der Waals surface area contributed by atoms with Crippen molar-refractivity contribution in [1.29, 1.82) is 0 Å². The number of aromatic nitrogens is 2. The predicted octanol–water partition coefficient (Wildman–Crippen LogP) is 5.67. The molecule has 0 atom stereocenters. The van der Waals surface area contributed by atoms with E-state index in [1.807, 2.05) is 55.5 Å². The lowest BCUT2D eigenvalue weighted by Gasteiger charge is -2.10. The van der Waals surface area contributed by atoms with Gasteiger partial charge < -0.3 is 14.2 Å². The van der Waals surface area contributed by atoms with Gasteiger partial charge in [-0.3, -0.25) is 4.79 Å². The third-order valence-corrected chi connectivity index (χ3v) is 6.41. The highest BCUT2D eigenvalue weighted by Gasteiger charge is 2.14. The average molecular weight is 585 g/mol. The Labute approximate surface area is 212 Å². The first-order valence-electron chi connectivity index (χ1n) is 10.6. The Morgan fingerprint density at radius 1 is 1.09 bits per heavy atom. The zero-order chi connectivity index (χ0) is 23.7. The number of halogens is 2. The summed E-state index contributed by atoms with van der Waals surface area (Å²) < 4.78 is 19.7. The van der Waals surface area contributed by atoms with E-state index in [1.54, 1.807) is 12.3 Å². The van der Waals surface area contributed by atoms with Gasteiger partial charge in [0.15, 0.2) is 11.5 Å². The standard InChI is InChI=1S/C25H19Br2N3O4/c1-2-24-29-20-6-5-17(26)11-18(20)25(31)30(24)28-12-15-3-7-21(19(27)9-15)32-13-16-4-8-22-23(10-16)34-14-33-22/h3-12H,2,13-14H2,1H3. The van der Waals surface area contributed by atoms with Crippen LogP contribution in [-0.4, -0.2) is 22.7 Å². The molecule has 1 aliphatic heterocycles. The number of ether oxygens (including phenoxy) is 3. The van der Waals surface area contributed by atoms with Gasteiger partial charge in [0.05, 0.1) is 21.6 Å². The van der Waals surface area contributed by atoms with Gasteiger partial charge in [-0.25, -0.2) is 4.98 Å². The molecule has 1 aromatic heterocycles. The van der Waals surface area contributed by atoms with Crippen molar-refractivity contribution >= 4 is 49.0 Å². The molecule has 1 aliphatic rings. The van der Waals surface area contributed by atoms with Crippen LogP contribution >= 0.6 is 31.9 Å². The largest absolute Gasteiger partial charge is 0.488 e. The number of benzene rings is 3. The van der Waals surface area contributed by atoms with E-state index in [9.17, 15) is 4.79 Å². The topological polar surface area (TPSA) is 74.9 Å². The summed E-state index contributed by atoms with van der Waals surface area (Å²) in [6.07, 6.45) is 2.22. The van der Waals surface area contributed by atoms with Crippen molar-refractivity contribution in [2.24, 2.45) is 5.10 Å². The second-order valence-electron chi connectivity index (χ2n) is 7.57. The van der Waals surface area contributed by atoms with Crippen LogP contribution < -0.4 is 19.8 Å². The van der Waals surface area contributed by atoms with Crippen LogP contribution in [0.2, 0.25) is 0 Å². The summed E-state index contributed by atoms with van der Waals surface area (Å²) in [6, 6.07) is 16.8. The molecule has 0 saturated heterocycles. The van der Waals surface area contributed by atoms with Crippen LogP contribution in [0.3, 0.4) is 0 Å². The summed E-state index contributed by atoms with van der Waals surface area (Å²) in [5.41, 5.74) is 2.24. The first kappa shape index (κ1) is 22.6. The van der Waals surface area contributed by atoms with Gasteiger partial charge in [0.1, 0.15) is 18.2 Å². The zero-order valence-electron chi connectivity index (χ0n) is 18.1. The molecule has 172 valence electrons. The Kier molecular flexibility index (Phi) is 6.38. The van der Waals surface area contributed by atoms with E-state index < -0.39 is 0 Å². The van der Waals surface area contributed by atoms with Crippen LogP contribution in [0.25, 0.3) is 10.9 Å². The molecule has 0 radical (unpaired) electrons. The van der Waals surface area contributed by atoms with Crippen molar-refractivity contribution in [2.75, 3.05) is 6.79 Å². The SMILES string of the molecule is CCc1nc2ccc(Br)cc2c(=O)n1N=Cc1ccc(OCc2ccc3c(c2)OCO3)c(Br)c1. The van der Waals surface area contributed by atoms with E-state index in [1.165, 1.54) is 4.68 Å². The van der Waals surface area contributed by atoms with Crippen molar-refractivity contribution in [3.05, 3.63) is 90.8 Å². The van der Waals surface area contributed by atoms with Crippen molar-refractivity contribution in [1.82, 2.24) is 9.66 Å². The molecule has 9 heteroatoms. The van der Waals surface area contributed by atoms with E-state index in [-0.39, 0.29) is 12.4 Å². The second-order valence-corrected chi connectivity index (χ2v) is 9.34. The lowest BCUT2D eigenvalue weighted by atomic mass is 10.2. The van der Waals surface area contributed by atoms with Crippen LogP contribution in [0.1, 0.15) is 23.9 Å². The minimum absolute atomic E-state index is 0.206. The van der Waals surface area contributed by atoms with Gasteiger partial charge in [0.25, 0.3) is 5.56 Å². The molecule has 2 heterocycles. The van der Waals surface area contributed by atoms with Crippen molar-refractivity contribution in [3.63, 3.8) is 0 Å². The number of hydrogen-bond donors (Lipinski definition) is 0. The summed E-state index contributed by atoms with van der Waals surface area (Å²) in [5.74, 6) is 2.76. The molecule has 3 aromatic carbocycles. The van der Waals surface area contributed by atoms with Crippen LogP contribution in [-0.2, 0) is 13.0 Å². The summed E-state index contributed by atoms with van der Waals surface area (Å²) in [6.45, 7) is 2.57. The van der Waals surface area contributed by atoms with Gasteiger partial charge in [-0.05, 0) is 75.6 Å². The maximum atomic E-state index is 13.0. The molecule has 0 amide bonds. The molecule has 0 N–H and O–H groups in total. The summed E-state index contributed by atoms with van der Waals surface area (Å²) in [7, 11) is 0. The van der Waals surface area contributed by atoms with E-state index in [2.05, 4.69) is 41.9 Å². The normalized spacial score (nSPS) is 12.6. The fourth-order valence-corrected chi connectivity index (χ4v) is 4.45. The number of rotatable bonds is 6. The summed E-state index contributed by atoms with van der Waals surface area (Å²) >= 11 is 6.98. The van der Waals surface area contributed by atoms with Crippen molar-refractivity contribution in [3.8, 4) is 17.2 Å². The summed E-state index contributed by atoms with van der Waals surface area (Å²) in [4.78, 5) is 17.6. The van der Waals surface area contributed by atoms with E-state index in [0.29, 0.717) is 35.5 Å². The smallest absolute Gasteiger partial charge is 0.282 e. The second kappa shape index (κ2) is 9.60. The molecule has 0 bridgehead atoms. The van der Waals surface area contributed by atoms with Gasteiger partial charge in [0.2, 0.25) is 6.79 Å². The highest BCUT2D eigenvalue weighted by Crippen LogP contribution is 2.33. The minimum Gasteiger partial charge on any atom is -0.488 e. The number of hydrogen-bond acceptors (Lipinski definition) is 6. The Balaban J connectivity index is 1.36. The molecule has 0 aliphatic carbocycles. The van der Waals surface area contributed by atoms with E-state index >= 15 is 0 Å². The fraction of sp³-hybridized carbons (Fsp3) is 0.160.